The van der Waals surface area contributed by atoms with Gasteiger partial charge in [0.25, 0.3) is 5.91 Å². The molecule has 1 N–H and O–H groups in total. The van der Waals surface area contributed by atoms with Crippen LogP contribution in [0, 0.1) is 0 Å². The standard InChI is InChI=1S/C19H23ClN4O6S/c1-23(10-17(25)21-15-9-12(20)3-5-16(15)30-2)19(27)14-4-6-18(26)24(22-14)13-7-8-31(28,29)11-13/h3,5,9,13H,4,6-8,10-11H2,1-2H3,(H,21,25). The summed E-state index contributed by atoms with van der Waals surface area (Å²) in [4.78, 5) is 38.6. The SMILES string of the molecule is COc1ccc(Cl)cc1NC(=O)CN(C)C(=O)C1=NN(C2CCS(=O)(=O)C2)C(=O)CC1. The first kappa shape index (κ1) is 23.0. The van der Waals surface area contributed by atoms with Gasteiger partial charge >= 0.3 is 0 Å². The molecule has 168 valence electrons. The number of nitrogens with zero attached hydrogens (tertiary/aromatic N) is 3. The second kappa shape index (κ2) is 9.23. The fourth-order valence-electron chi connectivity index (χ4n) is 3.45. The van der Waals surface area contributed by atoms with E-state index in [1.54, 1.807) is 12.1 Å². The minimum atomic E-state index is -3.21. The van der Waals surface area contributed by atoms with Crippen molar-refractivity contribution in [3.63, 3.8) is 0 Å². The number of rotatable bonds is 6. The van der Waals surface area contributed by atoms with Crippen molar-refractivity contribution in [2.24, 2.45) is 5.10 Å². The molecule has 12 heteroatoms. The lowest BCUT2D eigenvalue weighted by atomic mass is 10.1. The Kier molecular flexibility index (Phi) is 6.85. The van der Waals surface area contributed by atoms with Crippen LogP contribution in [0.5, 0.6) is 5.75 Å². The Hall–Kier alpha value is -2.66. The van der Waals surface area contributed by atoms with Crippen molar-refractivity contribution in [1.82, 2.24) is 9.91 Å². The Morgan fingerprint density at radius 3 is 2.74 bits per heavy atom. The van der Waals surface area contributed by atoms with E-state index in [2.05, 4.69) is 10.4 Å². The maximum atomic E-state index is 12.8. The Morgan fingerprint density at radius 2 is 2.10 bits per heavy atom. The number of anilines is 1. The summed E-state index contributed by atoms with van der Waals surface area (Å²) in [6.07, 6.45) is 0.474. The van der Waals surface area contributed by atoms with Crippen molar-refractivity contribution in [3.05, 3.63) is 23.2 Å². The van der Waals surface area contributed by atoms with E-state index in [1.165, 1.54) is 25.1 Å². The van der Waals surface area contributed by atoms with Gasteiger partial charge in [0.05, 0.1) is 36.9 Å². The maximum absolute atomic E-state index is 12.8. The first-order valence-corrected chi connectivity index (χ1v) is 11.8. The maximum Gasteiger partial charge on any atom is 0.270 e. The fourth-order valence-corrected chi connectivity index (χ4v) is 5.32. The van der Waals surface area contributed by atoms with Gasteiger partial charge in [0, 0.05) is 24.9 Å². The predicted octanol–water partition coefficient (Wildman–Crippen LogP) is 0.911. The third-order valence-corrected chi connectivity index (χ3v) is 7.01. The van der Waals surface area contributed by atoms with Gasteiger partial charge in [0.15, 0.2) is 9.84 Å². The van der Waals surface area contributed by atoms with Crippen LogP contribution in [0.3, 0.4) is 0 Å². The van der Waals surface area contributed by atoms with Gasteiger partial charge in [-0.15, -0.1) is 0 Å². The molecule has 0 radical (unpaired) electrons. The average molecular weight is 471 g/mol. The molecule has 0 saturated carbocycles. The summed E-state index contributed by atoms with van der Waals surface area (Å²) in [6.45, 7) is -0.265. The summed E-state index contributed by atoms with van der Waals surface area (Å²) in [5.41, 5.74) is 0.481. The molecule has 2 heterocycles. The van der Waals surface area contributed by atoms with Crippen LogP contribution in [0.25, 0.3) is 0 Å². The number of hydrogen-bond donors (Lipinski definition) is 1. The number of carbonyl (C=O) groups is 3. The number of likely N-dealkylation sites (N-methyl/N-ethyl adjacent to an activating group) is 1. The average Bonchev–Trinajstić information content (AvgIpc) is 3.07. The van der Waals surface area contributed by atoms with Gasteiger partial charge in [0.1, 0.15) is 11.5 Å². The molecule has 0 bridgehead atoms. The topological polar surface area (TPSA) is 125 Å². The van der Waals surface area contributed by atoms with Crippen LogP contribution in [0.4, 0.5) is 5.69 Å². The predicted molar refractivity (Wildman–Crippen MR) is 115 cm³/mol. The third kappa shape index (κ3) is 5.53. The molecule has 0 aromatic heterocycles. The lowest BCUT2D eigenvalue weighted by Gasteiger charge is -2.28. The Balaban J connectivity index is 1.66. The molecule has 2 aliphatic heterocycles. The molecule has 1 unspecified atom stereocenters. The Morgan fingerprint density at radius 1 is 1.35 bits per heavy atom. The van der Waals surface area contributed by atoms with Crippen molar-refractivity contribution in [1.29, 1.82) is 0 Å². The summed E-state index contributed by atoms with van der Waals surface area (Å²) >= 11 is 5.95. The number of hydrogen-bond acceptors (Lipinski definition) is 7. The number of sulfone groups is 1. The summed E-state index contributed by atoms with van der Waals surface area (Å²) in [5, 5.41) is 8.31. The molecule has 3 rings (SSSR count). The summed E-state index contributed by atoms with van der Waals surface area (Å²) in [7, 11) is -0.306. The highest BCUT2D eigenvalue weighted by atomic mass is 35.5. The Bertz CT molecular complexity index is 1040. The summed E-state index contributed by atoms with van der Waals surface area (Å²) in [6, 6.07) is 4.20. The van der Waals surface area contributed by atoms with E-state index in [0.29, 0.717) is 22.9 Å². The highest BCUT2D eigenvalue weighted by Gasteiger charge is 2.37. The van der Waals surface area contributed by atoms with Gasteiger partial charge in [-0.3, -0.25) is 14.4 Å². The fraction of sp³-hybridized carbons (Fsp3) is 0.474. The third-order valence-electron chi connectivity index (χ3n) is 5.02. The highest BCUT2D eigenvalue weighted by Crippen LogP contribution is 2.27. The molecule has 1 fully saturated rings. The number of nitrogens with one attached hydrogen (secondary N) is 1. The molecule has 1 aromatic rings. The van der Waals surface area contributed by atoms with E-state index in [-0.39, 0.29) is 42.5 Å². The number of halogens is 1. The minimum absolute atomic E-state index is 0.00666. The Labute approximate surface area is 185 Å². The zero-order valence-electron chi connectivity index (χ0n) is 17.1. The van der Waals surface area contributed by atoms with Crippen LogP contribution in [0.15, 0.2) is 23.3 Å². The van der Waals surface area contributed by atoms with Crippen molar-refractivity contribution in [3.8, 4) is 5.75 Å². The first-order valence-electron chi connectivity index (χ1n) is 9.58. The second-order valence-corrected chi connectivity index (χ2v) is 10.1. The van der Waals surface area contributed by atoms with Crippen LogP contribution < -0.4 is 10.1 Å². The van der Waals surface area contributed by atoms with Crippen LogP contribution in [0.2, 0.25) is 5.02 Å². The van der Waals surface area contributed by atoms with E-state index >= 15 is 0 Å². The van der Waals surface area contributed by atoms with E-state index in [4.69, 9.17) is 16.3 Å². The smallest absolute Gasteiger partial charge is 0.270 e. The number of benzene rings is 1. The molecular formula is C19H23ClN4O6S. The number of carbonyl (C=O) groups excluding carboxylic acids is 3. The molecular weight excluding hydrogens is 448 g/mol. The molecule has 10 nitrogen and oxygen atoms in total. The minimum Gasteiger partial charge on any atom is -0.495 e. The highest BCUT2D eigenvalue weighted by molar-refractivity contribution is 7.91. The quantitative estimate of drug-likeness (QED) is 0.658. The summed E-state index contributed by atoms with van der Waals surface area (Å²) < 4.78 is 28.6. The van der Waals surface area contributed by atoms with Crippen LogP contribution in [0.1, 0.15) is 19.3 Å². The van der Waals surface area contributed by atoms with Crippen molar-refractivity contribution in [2.75, 3.05) is 37.5 Å². The van der Waals surface area contributed by atoms with Gasteiger partial charge in [-0.25, -0.2) is 13.4 Å². The molecule has 1 aromatic carbocycles. The number of amides is 3. The number of ether oxygens (including phenoxy) is 1. The van der Waals surface area contributed by atoms with Gasteiger partial charge in [-0.1, -0.05) is 11.6 Å². The van der Waals surface area contributed by atoms with E-state index in [9.17, 15) is 22.8 Å². The van der Waals surface area contributed by atoms with Gasteiger partial charge in [-0.05, 0) is 24.6 Å². The molecule has 0 aliphatic carbocycles. The van der Waals surface area contributed by atoms with Crippen molar-refractivity contribution < 1.29 is 27.5 Å². The number of methoxy groups -OCH3 is 1. The van der Waals surface area contributed by atoms with E-state index in [0.717, 1.165) is 5.01 Å². The largest absolute Gasteiger partial charge is 0.495 e. The van der Waals surface area contributed by atoms with Gasteiger partial charge in [-0.2, -0.15) is 5.10 Å². The summed E-state index contributed by atoms with van der Waals surface area (Å²) in [5.74, 6) is -1.04. The van der Waals surface area contributed by atoms with Crippen LogP contribution in [-0.4, -0.2) is 80.0 Å². The van der Waals surface area contributed by atoms with Gasteiger partial charge < -0.3 is 15.0 Å². The monoisotopic (exact) mass is 470 g/mol. The van der Waals surface area contributed by atoms with Crippen LogP contribution in [-0.2, 0) is 24.2 Å². The normalized spacial score (nSPS) is 20.2. The van der Waals surface area contributed by atoms with E-state index in [1.807, 2.05) is 0 Å². The van der Waals surface area contributed by atoms with Crippen molar-refractivity contribution >= 4 is 50.6 Å². The molecule has 1 atom stereocenters. The molecule has 0 spiro atoms. The first-order chi connectivity index (χ1) is 14.6. The van der Waals surface area contributed by atoms with Crippen LogP contribution >= 0.6 is 11.6 Å². The lowest BCUT2D eigenvalue weighted by molar-refractivity contribution is -0.134. The van der Waals surface area contributed by atoms with Gasteiger partial charge in [0.2, 0.25) is 11.8 Å². The van der Waals surface area contributed by atoms with Crippen molar-refractivity contribution in [2.45, 2.75) is 25.3 Å². The lowest BCUT2D eigenvalue weighted by Crippen LogP contribution is -2.45. The molecule has 1 saturated heterocycles. The zero-order chi connectivity index (χ0) is 22.8. The van der Waals surface area contributed by atoms with E-state index < -0.39 is 27.7 Å². The number of hydrazone groups is 1. The molecule has 2 aliphatic rings. The zero-order valence-corrected chi connectivity index (χ0v) is 18.7. The molecule has 3 amide bonds. The second-order valence-electron chi connectivity index (χ2n) is 7.40. The molecule has 31 heavy (non-hydrogen) atoms.